The van der Waals surface area contributed by atoms with Gasteiger partial charge < -0.3 is 10.6 Å². The van der Waals surface area contributed by atoms with Crippen LogP contribution >= 0.6 is 0 Å². The van der Waals surface area contributed by atoms with Gasteiger partial charge in [-0.1, -0.05) is 37.8 Å². The highest BCUT2D eigenvalue weighted by Crippen LogP contribution is 2.29. The normalized spacial score (nSPS) is 25.3. The summed E-state index contributed by atoms with van der Waals surface area (Å²) in [4.78, 5) is 8.88. The number of alkyl halides is 3. The van der Waals surface area contributed by atoms with Crippen LogP contribution in [-0.4, -0.2) is 28.8 Å². The molecule has 0 aromatic heterocycles. The zero-order valence-electron chi connectivity index (χ0n) is 14.0. The molecule has 1 heterocycles. The molecule has 3 rings (SSSR count). The number of hydrogen-bond acceptors (Lipinski definition) is 4. The molecule has 1 saturated heterocycles. The van der Waals surface area contributed by atoms with Gasteiger partial charge in [0.25, 0.3) is 11.0 Å². The summed E-state index contributed by atoms with van der Waals surface area (Å²) in [5.41, 5.74) is -2.09. The van der Waals surface area contributed by atoms with Crippen molar-refractivity contribution in [3.63, 3.8) is 0 Å². The summed E-state index contributed by atoms with van der Waals surface area (Å²) in [5, 5.41) is 7.37. The lowest BCUT2D eigenvalue weighted by atomic mass is 9.97. The summed E-state index contributed by atoms with van der Waals surface area (Å²) in [7, 11) is -3.57. The summed E-state index contributed by atoms with van der Waals surface area (Å²) >= 11 is 0. The minimum atomic E-state index is -5.00. The molecule has 5 nitrogen and oxygen atoms in total. The van der Waals surface area contributed by atoms with Crippen LogP contribution in [0.1, 0.15) is 44.9 Å². The maximum atomic E-state index is 10.9. The predicted molar refractivity (Wildman–Crippen MR) is 91.8 cm³/mol. The van der Waals surface area contributed by atoms with Crippen LogP contribution in [0.4, 0.5) is 13.2 Å². The largest absolute Gasteiger partial charge is 0.495 e. The van der Waals surface area contributed by atoms with E-state index < -0.39 is 16.5 Å². The fourth-order valence-corrected chi connectivity index (χ4v) is 3.61. The van der Waals surface area contributed by atoms with Gasteiger partial charge in [0.05, 0.1) is 0 Å². The van der Waals surface area contributed by atoms with Crippen LogP contribution in [0.3, 0.4) is 0 Å². The second-order valence-electron chi connectivity index (χ2n) is 6.55. The van der Waals surface area contributed by atoms with Gasteiger partial charge >= 0.3 is 5.51 Å². The first-order chi connectivity index (χ1) is 11.9. The molecule has 0 aromatic carbocycles. The van der Waals surface area contributed by atoms with Crippen molar-refractivity contribution in [2.24, 2.45) is 10.5 Å². The van der Waals surface area contributed by atoms with Gasteiger partial charge in [-0.3, -0.25) is 0 Å². The molecule has 0 radical (unpaired) electrons. The zero-order valence-corrected chi connectivity index (χ0v) is 14.8. The van der Waals surface area contributed by atoms with E-state index in [0.29, 0.717) is 6.04 Å². The Hall–Kier alpha value is -1.22. The Morgan fingerprint density at radius 3 is 2.48 bits per heavy atom. The quantitative estimate of drug-likeness (QED) is 0.734. The molecule has 0 bridgehead atoms. The first-order valence-corrected chi connectivity index (χ1v) is 9.69. The van der Waals surface area contributed by atoms with E-state index in [1.165, 1.54) is 60.8 Å². The Balaban J connectivity index is 0.000000242. The minimum absolute atomic E-state index is 0.647. The Kier molecular flexibility index (Phi) is 7.61. The molecule has 0 aromatic rings. The number of hydrogen-bond donors (Lipinski definition) is 2. The molecule has 3 aliphatic rings. The van der Waals surface area contributed by atoms with Crippen LogP contribution in [0.5, 0.6) is 0 Å². The third-order valence-corrected chi connectivity index (χ3v) is 5.21. The number of allylic oxidation sites excluding steroid dienone is 2. The van der Waals surface area contributed by atoms with E-state index in [1.807, 2.05) is 0 Å². The van der Waals surface area contributed by atoms with Crippen LogP contribution in [0.15, 0.2) is 28.0 Å². The minimum Gasteiger partial charge on any atom is -0.381 e. The number of nitrogens with zero attached hydrogens (tertiary/aromatic N) is 1. The highest BCUT2D eigenvalue weighted by molar-refractivity contribution is 7.84. The second-order valence-corrected chi connectivity index (χ2v) is 7.66. The lowest BCUT2D eigenvalue weighted by molar-refractivity contribution is -0.0384. The van der Waals surface area contributed by atoms with E-state index in [0.717, 1.165) is 19.0 Å². The lowest BCUT2D eigenvalue weighted by Crippen LogP contribution is -2.36. The van der Waals surface area contributed by atoms with Crippen LogP contribution in [-0.2, 0) is 11.0 Å². The summed E-state index contributed by atoms with van der Waals surface area (Å²) in [6.07, 6.45) is 14.4. The standard InChI is InChI=1S/C15H24N2.CF3NO2S/c1-2-6-12(5-1)9-14-11-16-10-13-7-3-4-8-15(13)17-14;2-1(3,4)8(7)5-6/h7-8,12,14,16-17H,1-6,9-11H2;. The highest BCUT2D eigenvalue weighted by Gasteiger charge is 2.38. The van der Waals surface area contributed by atoms with Crippen LogP contribution in [0.2, 0.25) is 0 Å². The molecule has 1 saturated carbocycles. The van der Waals surface area contributed by atoms with Crippen molar-refractivity contribution < 1.29 is 17.4 Å². The van der Waals surface area contributed by atoms with Crippen LogP contribution < -0.4 is 10.6 Å². The maximum Gasteiger partial charge on any atom is 0.495 e. The average molecular weight is 379 g/mol. The van der Waals surface area contributed by atoms with Gasteiger partial charge in [0, 0.05) is 29.4 Å². The van der Waals surface area contributed by atoms with Crippen molar-refractivity contribution >= 4 is 11.0 Å². The van der Waals surface area contributed by atoms with Crippen molar-refractivity contribution in [1.82, 2.24) is 10.6 Å². The highest BCUT2D eigenvalue weighted by atomic mass is 32.2. The van der Waals surface area contributed by atoms with Gasteiger partial charge in [-0.05, 0) is 30.8 Å². The van der Waals surface area contributed by atoms with Gasteiger partial charge in [0.2, 0.25) is 0 Å². The molecule has 142 valence electrons. The Morgan fingerprint density at radius 2 is 1.88 bits per heavy atom. The van der Waals surface area contributed by atoms with E-state index in [4.69, 9.17) is 4.91 Å². The molecule has 2 unspecified atom stereocenters. The molecule has 0 spiro atoms. The fraction of sp³-hybridized carbons (Fsp3) is 0.750. The molecule has 2 fully saturated rings. The van der Waals surface area contributed by atoms with Crippen LogP contribution in [0, 0.1) is 10.8 Å². The van der Waals surface area contributed by atoms with Crippen molar-refractivity contribution in [3.05, 3.63) is 28.3 Å². The first kappa shape index (κ1) is 20.1. The number of nitroso groups, excluding NO2 is 1. The first-order valence-electron chi connectivity index (χ1n) is 8.59. The topological polar surface area (TPSA) is 70.6 Å². The molecule has 2 atom stereocenters. The van der Waals surface area contributed by atoms with Crippen molar-refractivity contribution in [1.29, 1.82) is 0 Å². The van der Waals surface area contributed by atoms with E-state index >= 15 is 0 Å². The zero-order chi connectivity index (χ0) is 18.3. The second kappa shape index (κ2) is 9.47. The fourth-order valence-electron chi connectivity index (χ4n) is 3.53. The molecule has 9 heteroatoms. The van der Waals surface area contributed by atoms with Crippen LogP contribution in [0.25, 0.3) is 0 Å². The molecular weight excluding hydrogens is 355 g/mol. The number of halogens is 3. The maximum absolute atomic E-state index is 10.9. The predicted octanol–water partition coefficient (Wildman–Crippen LogP) is 3.67. The molecule has 0 amide bonds. The molecule has 1 aliphatic heterocycles. The van der Waals surface area contributed by atoms with E-state index in [9.17, 15) is 17.4 Å². The third kappa shape index (κ3) is 6.54. The third-order valence-electron chi connectivity index (χ3n) is 4.68. The van der Waals surface area contributed by atoms with Crippen molar-refractivity contribution in [2.75, 3.05) is 13.1 Å². The summed E-state index contributed by atoms with van der Waals surface area (Å²) in [6.45, 7) is 2.19. The van der Waals surface area contributed by atoms with Gasteiger partial charge in [0.1, 0.15) is 0 Å². The van der Waals surface area contributed by atoms with Gasteiger partial charge in [-0.2, -0.15) is 13.2 Å². The SMILES string of the molecule is C1=C2CNCC(CC3CCCC3)NC2=CCC1.O=NS(=O)C(F)(F)F. The molecule has 25 heavy (non-hydrogen) atoms. The Morgan fingerprint density at radius 1 is 1.20 bits per heavy atom. The number of nitrogens with one attached hydrogen (secondary N) is 2. The average Bonchev–Trinajstić information content (AvgIpc) is 2.99. The summed E-state index contributed by atoms with van der Waals surface area (Å²) < 4.78 is 43.2. The summed E-state index contributed by atoms with van der Waals surface area (Å²) in [5.74, 6) is 0.976. The molecule has 2 aliphatic carbocycles. The molecular formula is C16H24F3N3O2S. The van der Waals surface area contributed by atoms with E-state index in [1.54, 1.807) is 0 Å². The van der Waals surface area contributed by atoms with Crippen molar-refractivity contribution in [3.8, 4) is 0 Å². The molecule has 2 N–H and O–H groups in total. The smallest absolute Gasteiger partial charge is 0.381 e. The van der Waals surface area contributed by atoms with Crippen molar-refractivity contribution in [2.45, 2.75) is 56.5 Å². The van der Waals surface area contributed by atoms with Gasteiger partial charge in [-0.25, -0.2) is 4.21 Å². The Bertz CT molecular complexity index is 543. The lowest BCUT2D eigenvalue weighted by Gasteiger charge is -2.23. The van der Waals surface area contributed by atoms with Gasteiger partial charge in [-0.15, -0.1) is 4.91 Å². The Labute approximate surface area is 148 Å². The number of fused-ring (bicyclic) bond motifs is 1. The summed E-state index contributed by atoms with van der Waals surface area (Å²) in [6, 6.07) is 0.647. The monoisotopic (exact) mass is 379 g/mol. The van der Waals surface area contributed by atoms with E-state index in [-0.39, 0.29) is 0 Å². The number of rotatable bonds is 3. The van der Waals surface area contributed by atoms with Gasteiger partial charge in [0.15, 0.2) is 0 Å². The van der Waals surface area contributed by atoms with E-state index in [2.05, 4.69) is 22.8 Å².